The molecule has 0 saturated carbocycles. The lowest BCUT2D eigenvalue weighted by Crippen LogP contribution is -2.38. The van der Waals surface area contributed by atoms with Gasteiger partial charge in [-0.2, -0.15) is 0 Å². The van der Waals surface area contributed by atoms with E-state index in [2.05, 4.69) is 10.6 Å². The summed E-state index contributed by atoms with van der Waals surface area (Å²) in [5.74, 6) is -0.207. The fraction of sp³-hybridized carbons (Fsp3) is 0.846. The Labute approximate surface area is 114 Å². The second kappa shape index (κ2) is 8.87. The van der Waals surface area contributed by atoms with Gasteiger partial charge in [-0.1, -0.05) is 0 Å². The van der Waals surface area contributed by atoms with Crippen LogP contribution in [0.25, 0.3) is 0 Å². The van der Waals surface area contributed by atoms with E-state index >= 15 is 0 Å². The van der Waals surface area contributed by atoms with Gasteiger partial charge in [0.05, 0.1) is 19.3 Å². The van der Waals surface area contributed by atoms with E-state index in [1.807, 2.05) is 6.92 Å². The number of carbonyl (C=O) groups excluding carboxylic acids is 2. The molecule has 0 unspecified atom stereocenters. The van der Waals surface area contributed by atoms with Crippen molar-refractivity contribution in [2.24, 2.45) is 0 Å². The smallest absolute Gasteiger partial charge is 0.241 e. The SMILES string of the molecule is CCN(C)C(=O)CNC(=O)CCOC1CCNCC1. The first-order chi connectivity index (χ1) is 9.13. The molecule has 19 heavy (non-hydrogen) atoms. The normalized spacial score (nSPS) is 16.1. The van der Waals surface area contributed by atoms with Crippen LogP contribution in [0.4, 0.5) is 0 Å². The Bertz CT molecular complexity index is 291. The molecule has 0 bridgehead atoms. The lowest BCUT2D eigenvalue weighted by atomic mass is 10.1. The van der Waals surface area contributed by atoms with E-state index in [0.717, 1.165) is 25.9 Å². The lowest BCUT2D eigenvalue weighted by molar-refractivity contribution is -0.132. The Morgan fingerprint density at radius 3 is 2.68 bits per heavy atom. The summed E-state index contributed by atoms with van der Waals surface area (Å²) in [5, 5.41) is 5.87. The van der Waals surface area contributed by atoms with Crippen LogP contribution in [0.15, 0.2) is 0 Å². The molecule has 0 aromatic carbocycles. The molecule has 1 saturated heterocycles. The monoisotopic (exact) mass is 271 g/mol. The Balaban J connectivity index is 2.05. The van der Waals surface area contributed by atoms with Crippen LogP contribution < -0.4 is 10.6 Å². The second-order valence-electron chi connectivity index (χ2n) is 4.75. The van der Waals surface area contributed by atoms with E-state index in [1.165, 1.54) is 0 Å². The topological polar surface area (TPSA) is 70.7 Å². The van der Waals surface area contributed by atoms with E-state index < -0.39 is 0 Å². The Morgan fingerprint density at radius 2 is 2.05 bits per heavy atom. The van der Waals surface area contributed by atoms with E-state index in [-0.39, 0.29) is 24.5 Å². The van der Waals surface area contributed by atoms with E-state index in [0.29, 0.717) is 19.6 Å². The summed E-state index contributed by atoms with van der Waals surface area (Å²) >= 11 is 0. The van der Waals surface area contributed by atoms with Crippen LogP contribution in [-0.4, -0.2) is 62.7 Å². The Morgan fingerprint density at radius 1 is 1.37 bits per heavy atom. The van der Waals surface area contributed by atoms with Gasteiger partial charge < -0.3 is 20.3 Å². The van der Waals surface area contributed by atoms with Crippen LogP contribution in [0.1, 0.15) is 26.2 Å². The number of piperidine rings is 1. The summed E-state index contributed by atoms with van der Waals surface area (Å²) in [6, 6.07) is 0. The second-order valence-corrected chi connectivity index (χ2v) is 4.75. The summed E-state index contributed by atoms with van der Waals surface area (Å²) in [7, 11) is 1.72. The van der Waals surface area contributed by atoms with Crippen molar-refractivity contribution in [1.82, 2.24) is 15.5 Å². The first-order valence-corrected chi connectivity index (χ1v) is 6.96. The molecule has 1 fully saturated rings. The molecule has 0 aliphatic carbocycles. The van der Waals surface area contributed by atoms with Crippen LogP contribution in [0.3, 0.4) is 0 Å². The number of likely N-dealkylation sites (N-methyl/N-ethyl adjacent to an activating group) is 1. The zero-order valence-electron chi connectivity index (χ0n) is 11.9. The van der Waals surface area contributed by atoms with Crippen molar-refractivity contribution in [3.05, 3.63) is 0 Å². The van der Waals surface area contributed by atoms with Gasteiger partial charge in [-0.15, -0.1) is 0 Å². The van der Waals surface area contributed by atoms with E-state index in [4.69, 9.17) is 4.74 Å². The highest BCUT2D eigenvalue weighted by Crippen LogP contribution is 2.07. The fourth-order valence-electron chi connectivity index (χ4n) is 1.85. The van der Waals surface area contributed by atoms with Crippen molar-refractivity contribution in [3.8, 4) is 0 Å². The first kappa shape index (κ1) is 15.9. The average Bonchev–Trinajstić information content (AvgIpc) is 2.45. The Hall–Kier alpha value is -1.14. The third-order valence-corrected chi connectivity index (χ3v) is 3.31. The fourth-order valence-corrected chi connectivity index (χ4v) is 1.85. The molecule has 1 rings (SSSR count). The Kier molecular flexibility index (Phi) is 7.43. The minimum Gasteiger partial charge on any atom is -0.378 e. The maximum absolute atomic E-state index is 11.5. The standard InChI is InChI=1S/C13H25N3O3/c1-3-16(2)13(18)10-15-12(17)6-9-19-11-4-7-14-8-5-11/h11,14H,3-10H2,1-2H3,(H,15,17). The number of hydrogen-bond donors (Lipinski definition) is 2. The molecule has 6 nitrogen and oxygen atoms in total. The minimum atomic E-state index is -0.133. The van der Waals surface area contributed by atoms with Gasteiger partial charge in [0, 0.05) is 20.0 Å². The largest absolute Gasteiger partial charge is 0.378 e. The molecule has 0 atom stereocenters. The van der Waals surface area contributed by atoms with Gasteiger partial charge in [0.25, 0.3) is 0 Å². The summed E-state index contributed by atoms with van der Waals surface area (Å²) < 4.78 is 5.63. The number of nitrogens with zero attached hydrogens (tertiary/aromatic N) is 1. The third-order valence-electron chi connectivity index (χ3n) is 3.31. The molecule has 0 radical (unpaired) electrons. The molecule has 110 valence electrons. The van der Waals surface area contributed by atoms with E-state index in [1.54, 1.807) is 11.9 Å². The highest BCUT2D eigenvalue weighted by Gasteiger charge is 2.14. The van der Waals surface area contributed by atoms with Gasteiger partial charge in [-0.3, -0.25) is 9.59 Å². The van der Waals surface area contributed by atoms with Gasteiger partial charge in [0.15, 0.2) is 0 Å². The highest BCUT2D eigenvalue weighted by molar-refractivity contribution is 5.84. The van der Waals surface area contributed by atoms with Crippen LogP contribution in [0.5, 0.6) is 0 Å². The zero-order valence-corrected chi connectivity index (χ0v) is 11.9. The predicted molar refractivity (Wildman–Crippen MR) is 72.8 cm³/mol. The van der Waals surface area contributed by atoms with Gasteiger partial charge in [-0.25, -0.2) is 0 Å². The van der Waals surface area contributed by atoms with E-state index in [9.17, 15) is 9.59 Å². The molecule has 1 heterocycles. The first-order valence-electron chi connectivity index (χ1n) is 6.96. The summed E-state index contributed by atoms with van der Waals surface area (Å²) in [6.45, 7) is 4.99. The number of amides is 2. The summed E-state index contributed by atoms with van der Waals surface area (Å²) in [4.78, 5) is 24.6. The van der Waals surface area contributed by atoms with Crippen molar-refractivity contribution in [2.75, 3.05) is 39.8 Å². The van der Waals surface area contributed by atoms with Gasteiger partial charge in [0.1, 0.15) is 0 Å². The molecular weight excluding hydrogens is 246 g/mol. The van der Waals surface area contributed by atoms with Crippen molar-refractivity contribution >= 4 is 11.8 Å². The predicted octanol–water partition coefficient (Wildman–Crippen LogP) is -0.260. The number of carbonyl (C=O) groups is 2. The van der Waals surface area contributed by atoms with Gasteiger partial charge in [0.2, 0.25) is 11.8 Å². The third kappa shape index (κ3) is 6.54. The quantitative estimate of drug-likeness (QED) is 0.669. The van der Waals surface area contributed by atoms with Crippen molar-refractivity contribution in [2.45, 2.75) is 32.3 Å². The molecule has 0 aromatic rings. The minimum absolute atomic E-state index is 0.0660. The van der Waals surface area contributed by atoms with Gasteiger partial charge in [-0.05, 0) is 32.9 Å². The molecule has 1 aliphatic rings. The summed E-state index contributed by atoms with van der Waals surface area (Å²) in [5.41, 5.74) is 0. The van der Waals surface area contributed by atoms with Crippen LogP contribution >= 0.6 is 0 Å². The number of ether oxygens (including phenoxy) is 1. The average molecular weight is 271 g/mol. The van der Waals surface area contributed by atoms with Crippen molar-refractivity contribution in [3.63, 3.8) is 0 Å². The number of nitrogens with one attached hydrogen (secondary N) is 2. The van der Waals surface area contributed by atoms with Crippen LogP contribution in [-0.2, 0) is 14.3 Å². The molecule has 2 N–H and O–H groups in total. The molecule has 6 heteroatoms. The molecule has 0 aromatic heterocycles. The molecule has 0 spiro atoms. The van der Waals surface area contributed by atoms with Crippen LogP contribution in [0.2, 0.25) is 0 Å². The summed E-state index contributed by atoms with van der Waals surface area (Å²) in [6.07, 6.45) is 2.58. The highest BCUT2D eigenvalue weighted by atomic mass is 16.5. The molecular formula is C13H25N3O3. The van der Waals surface area contributed by atoms with Crippen molar-refractivity contribution < 1.29 is 14.3 Å². The number of rotatable bonds is 7. The van der Waals surface area contributed by atoms with Crippen molar-refractivity contribution in [1.29, 1.82) is 0 Å². The maximum Gasteiger partial charge on any atom is 0.241 e. The zero-order chi connectivity index (χ0) is 14.1. The van der Waals surface area contributed by atoms with Gasteiger partial charge >= 0.3 is 0 Å². The number of hydrogen-bond acceptors (Lipinski definition) is 4. The maximum atomic E-state index is 11.5. The lowest BCUT2D eigenvalue weighted by Gasteiger charge is -2.22. The molecule has 2 amide bonds. The molecule has 1 aliphatic heterocycles. The van der Waals surface area contributed by atoms with Crippen LogP contribution in [0, 0.1) is 0 Å².